The molecule has 2 rings (SSSR count). The van der Waals surface area contributed by atoms with E-state index in [9.17, 15) is 8.78 Å². The Morgan fingerprint density at radius 3 is 2.50 bits per heavy atom. The van der Waals surface area contributed by atoms with Crippen LogP contribution in [0, 0.1) is 5.92 Å². The fourth-order valence-corrected chi connectivity index (χ4v) is 2.92. The molecule has 16 heavy (non-hydrogen) atoms. The van der Waals surface area contributed by atoms with Crippen molar-refractivity contribution >= 4 is 0 Å². The molecule has 2 nitrogen and oxygen atoms in total. The van der Waals surface area contributed by atoms with Gasteiger partial charge in [0.25, 0.3) is 0 Å². The average molecular weight is 232 g/mol. The summed E-state index contributed by atoms with van der Waals surface area (Å²) in [7, 11) is 0. The molecule has 0 spiro atoms. The van der Waals surface area contributed by atoms with Crippen LogP contribution in [-0.2, 0) is 0 Å². The maximum absolute atomic E-state index is 13.3. The maximum Gasteiger partial charge on any atom is 0.249 e. The smallest absolute Gasteiger partial charge is 0.249 e. The summed E-state index contributed by atoms with van der Waals surface area (Å²) in [4.78, 5) is 2.30. The van der Waals surface area contributed by atoms with E-state index in [-0.39, 0.29) is 0 Å². The minimum atomic E-state index is -2.51. The lowest BCUT2D eigenvalue weighted by molar-refractivity contribution is -0.0733. The molecule has 0 aromatic rings. The molecule has 4 heteroatoms. The Kier molecular flexibility index (Phi) is 3.80. The van der Waals surface area contributed by atoms with Crippen molar-refractivity contribution in [3.05, 3.63) is 0 Å². The molecule has 0 bridgehead atoms. The van der Waals surface area contributed by atoms with Gasteiger partial charge in [-0.2, -0.15) is 0 Å². The molecule has 1 atom stereocenters. The molecule has 0 amide bonds. The van der Waals surface area contributed by atoms with Gasteiger partial charge in [-0.1, -0.05) is 0 Å². The molecule has 0 aliphatic carbocycles. The fraction of sp³-hybridized carbons (Fsp3) is 1.00. The number of nitrogens with one attached hydrogen (secondary N) is 1. The first kappa shape index (κ1) is 12.2. The Labute approximate surface area is 96.4 Å². The molecule has 2 saturated heterocycles. The Bertz CT molecular complexity index is 222. The minimum absolute atomic E-state index is 0.434. The Morgan fingerprint density at radius 1 is 1.19 bits per heavy atom. The molecule has 1 N–H and O–H groups in total. The van der Waals surface area contributed by atoms with Crippen LogP contribution in [-0.4, -0.2) is 43.0 Å². The number of hydrogen-bond acceptors (Lipinski definition) is 2. The normalized spacial score (nSPS) is 30.6. The molecule has 0 aromatic carbocycles. The van der Waals surface area contributed by atoms with Crippen LogP contribution in [0.25, 0.3) is 0 Å². The lowest BCUT2D eigenvalue weighted by Gasteiger charge is -2.41. The molecule has 2 heterocycles. The highest BCUT2D eigenvalue weighted by atomic mass is 19.3. The first-order chi connectivity index (χ1) is 7.57. The van der Waals surface area contributed by atoms with Gasteiger partial charge in [0.15, 0.2) is 0 Å². The van der Waals surface area contributed by atoms with E-state index in [0.29, 0.717) is 19.0 Å². The van der Waals surface area contributed by atoms with E-state index < -0.39 is 11.8 Å². The van der Waals surface area contributed by atoms with E-state index in [4.69, 9.17) is 0 Å². The predicted molar refractivity (Wildman–Crippen MR) is 60.8 cm³/mol. The second kappa shape index (κ2) is 4.96. The third-order valence-electron chi connectivity index (χ3n) is 3.99. The van der Waals surface area contributed by atoms with Crippen molar-refractivity contribution in [2.75, 3.05) is 26.2 Å². The lowest BCUT2D eigenvalue weighted by atomic mass is 9.90. The van der Waals surface area contributed by atoms with Crippen molar-refractivity contribution in [1.82, 2.24) is 10.2 Å². The minimum Gasteiger partial charge on any atom is -0.317 e. The zero-order valence-electron chi connectivity index (χ0n) is 10.0. The Balaban J connectivity index is 1.90. The van der Waals surface area contributed by atoms with Gasteiger partial charge in [0.05, 0.1) is 0 Å². The first-order valence-corrected chi connectivity index (χ1v) is 6.40. The van der Waals surface area contributed by atoms with Crippen molar-refractivity contribution in [3.63, 3.8) is 0 Å². The van der Waals surface area contributed by atoms with Crippen LogP contribution in [0.4, 0.5) is 8.78 Å². The van der Waals surface area contributed by atoms with Crippen molar-refractivity contribution in [3.8, 4) is 0 Å². The number of piperidine rings is 2. The van der Waals surface area contributed by atoms with E-state index in [1.807, 2.05) is 0 Å². The second-order valence-corrected chi connectivity index (χ2v) is 5.27. The average Bonchev–Trinajstić information content (AvgIpc) is 2.29. The van der Waals surface area contributed by atoms with Gasteiger partial charge in [0.1, 0.15) is 0 Å². The topological polar surface area (TPSA) is 15.3 Å². The summed E-state index contributed by atoms with van der Waals surface area (Å²) < 4.78 is 26.6. The number of hydrogen-bond donors (Lipinski definition) is 1. The van der Waals surface area contributed by atoms with Gasteiger partial charge in [-0.25, -0.2) is 8.78 Å². The molecular weight excluding hydrogens is 210 g/mol. The largest absolute Gasteiger partial charge is 0.317 e. The summed E-state index contributed by atoms with van der Waals surface area (Å²) in [6.07, 6.45) is 3.84. The summed E-state index contributed by atoms with van der Waals surface area (Å²) in [5, 5.41) is 3.32. The molecular formula is C12H22F2N2. The number of halogens is 2. The molecule has 2 aliphatic rings. The van der Waals surface area contributed by atoms with Crippen molar-refractivity contribution < 1.29 is 8.78 Å². The lowest BCUT2D eigenvalue weighted by Crippen LogP contribution is -2.50. The standard InChI is InChI=1S/C12H22F2N2/c1-12(13,14)10-3-2-8-16(9-10)11-4-6-15-7-5-11/h10-11,15H,2-9H2,1H3. The molecule has 94 valence electrons. The second-order valence-electron chi connectivity index (χ2n) is 5.27. The monoisotopic (exact) mass is 232 g/mol. The summed E-state index contributed by atoms with van der Waals surface area (Å²) in [5.74, 6) is -2.94. The van der Waals surface area contributed by atoms with Crippen LogP contribution in [0.3, 0.4) is 0 Å². The van der Waals surface area contributed by atoms with Crippen LogP contribution in [0.2, 0.25) is 0 Å². The van der Waals surface area contributed by atoms with Crippen LogP contribution in [0.5, 0.6) is 0 Å². The zero-order chi connectivity index (χ0) is 11.6. The van der Waals surface area contributed by atoms with Gasteiger partial charge in [0.2, 0.25) is 5.92 Å². The third kappa shape index (κ3) is 2.92. The van der Waals surface area contributed by atoms with Crippen molar-refractivity contribution in [2.24, 2.45) is 5.92 Å². The molecule has 2 fully saturated rings. The van der Waals surface area contributed by atoms with Crippen LogP contribution in [0.1, 0.15) is 32.6 Å². The van der Waals surface area contributed by atoms with Crippen LogP contribution >= 0.6 is 0 Å². The van der Waals surface area contributed by atoms with Gasteiger partial charge in [0, 0.05) is 18.5 Å². The summed E-state index contributed by atoms with van der Waals surface area (Å²) in [6.45, 7) is 4.75. The highest BCUT2D eigenvalue weighted by Gasteiger charge is 2.38. The SMILES string of the molecule is CC(F)(F)C1CCCN(C2CCNCC2)C1. The number of alkyl halides is 2. The van der Waals surface area contributed by atoms with Gasteiger partial charge >= 0.3 is 0 Å². The van der Waals surface area contributed by atoms with Crippen LogP contribution < -0.4 is 5.32 Å². The number of nitrogens with zero attached hydrogens (tertiary/aromatic N) is 1. The molecule has 0 radical (unpaired) electrons. The Morgan fingerprint density at radius 2 is 1.88 bits per heavy atom. The molecule has 0 aromatic heterocycles. The van der Waals surface area contributed by atoms with Crippen molar-refractivity contribution in [2.45, 2.75) is 44.6 Å². The maximum atomic E-state index is 13.3. The number of rotatable bonds is 2. The van der Waals surface area contributed by atoms with Crippen LogP contribution in [0.15, 0.2) is 0 Å². The molecule has 1 unspecified atom stereocenters. The fourth-order valence-electron chi connectivity index (χ4n) is 2.92. The van der Waals surface area contributed by atoms with E-state index in [1.54, 1.807) is 0 Å². The van der Waals surface area contributed by atoms with E-state index >= 15 is 0 Å². The quantitative estimate of drug-likeness (QED) is 0.784. The molecule has 0 saturated carbocycles. The third-order valence-corrected chi connectivity index (χ3v) is 3.99. The summed E-state index contributed by atoms with van der Waals surface area (Å²) in [6, 6.07) is 0.534. The summed E-state index contributed by atoms with van der Waals surface area (Å²) in [5.41, 5.74) is 0. The first-order valence-electron chi connectivity index (χ1n) is 6.40. The van der Waals surface area contributed by atoms with E-state index in [2.05, 4.69) is 10.2 Å². The van der Waals surface area contributed by atoms with E-state index in [1.165, 1.54) is 0 Å². The highest BCUT2D eigenvalue weighted by Crippen LogP contribution is 2.32. The van der Waals surface area contributed by atoms with Gasteiger partial charge in [-0.05, 0) is 52.2 Å². The van der Waals surface area contributed by atoms with Gasteiger partial charge in [-0.3, -0.25) is 4.90 Å². The van der Waals surface area contributed by atoms with E-state index in [0.717, 1.165) is 45.8 Å². The predicted octanol–water partition coefficient (Wildman–Crippen LogP) is 2.11. The van der Waals surface area contributed by atoms with Gasteiger partial charge < -0.3 is 5.32 Å². The molecule has 2 aliphatic heterocycles. The summed E-state index contributed by atoms with van der Waals surface area (Å²) >= 11 is 0. The van der Waals surface area contributed by atoms with Crippen molar-refractivity contribution in [1.29, 1.82) is 0 Å². The number of likely N-dealkylation sites (tertiary alicyclic amines) is 1. The highest BCUT2D eigenvalue weighted by molar-refractivity contribution is 4.86. The van der Waals surface area contributed by atoms with Gasteiger partial charge in [-0.15, -0.1) is 0 Å². The Hall–Kier alpha value is -0.220. The zero-order valence-corrected chi connectivity index (χ0v) is 10.0.